The average molecular weight is 366 g/mol. The molecule has 0 heterocycles. The van der Waals surface area contributed by atoms with Crippen molar-refractivity contribution in [3.63, 3.8) is 0 Å². The number of nitriles is 2. The van der Waals surface area contributed by atoms with Gasteiger partial charge in [0, 0.05) is 25.2 Å². The molecule has 0 fully saturated rings. The van der Waals surface area contributed by atoms with E-state index in [0.717, 1.165) is 0 Å². The highest BCUT2D eigenvalue weighted by Gasteiger charge is 2.15. The molecule has 0 aromatic heterocycles. The third-order valence-electron chi connectivity index (χ3n) is 3.63. The van der Waals surface area contributed by atoms with Crippen molar-refractivity contribution in [2.75, 3.05) is 23.7 Å². The molecule has 10 heteroatoms. The maximum absolute atomic E-state index is 11.0. The van der Waals surface area contributed by atoms with Crippen molar-refractivity contribution < 1.29 is 9.85 Å². The van der Waals surface area contributed by atoms with Gasteiger partial charge < -0.3 is 10.6 Å². The van der Waals surface area contributed by atoms with Crippen molar-refractivity contribution in [3.05, 3.63) is 67.8 Å². The second-order valence-electron chi connectivity index (χ2n) is 5.41. The summed E-state index contributed by atoms with van der Waals surface area (Å²) in [5.74, 6) is 0. The van der Waals surface area contributed by atoms with Crippen LogP contribution in [0.2, 0.25) is 0 Å². The quantitative estimate of drug-likeness (QED) is 0.409. The van der Waals surface area contributed by atoms with Crippen molar-refractivity contribution in [2.24, 2.45) is 0 Å². The van der Waals surface area contributed by atoms with Crippen molar-refractivity contribution >= 4 is 22.7 Å². The summed E-state index contributed by atoms with van der Waals surface area (Å²) in [6.45, 7) is 0.683. The van der Waals surface area contributed by atoms with E-state index in [1.807, 2.05) is 12.1 Å². The van der Waals surface area contributed by atoms with E-state index in [1.54, 1.807) is 0 Å². The van der Waals surface area contributed by atoms with Crippen LogP contribution < -0.4 is 10.6 Å². The fourth-order valence-corrected chi connectivity index (χ4v) is 2.35. The van der Waals surface area contributed by atoms with Gasteiger partial charge in [0.1, 0.15) is 11.4 Å². The Labute approximate surface area is 154 Å². The molecule has 0 atom stereocenters. The van der Waals surface area contributed by atoms with Crippen molar-refractivity contribution in [1.29, 1.82) is 10.5 Å². The van der Waals surface area contributed by atoms with E-state index < -0.39 is 9.85 Å². The lowest BCUT2D eigenvalue weighted by Crippen LogP contribution is -2.11. The van der Waals surface area contributed by atoms with E-state index in [9.17, 15) is 20.2 Å². The van der Waals surface area contributed by atoms with E-state index in [-0.39, 0.29) is 22.7 Å². The first kappa shape index (κ1) is 19.1. The Morgan fingerprint density at radius 2 is 1.22 bits per heavy atom. The number of nitro benzene ring substituents is 2. The summed E-state index contributed by atoms with van der Waals surface area (Å²) in [5, 5.41) is 45.7. The minimum atomic E-state index is -0.543. The highest BCUT2D eigenvalue weighted by atomic mass is 16.6. The number of hydrogen-bond donors (Lipinski definition) is 2. The second-order valence-corrected chi connectivity index (χ2v) is 5.41. The van der Waals surface area contributed by atoms with Crippen LogP contribution >= 0.6 is 0 Å². The Balaban J connectivity index is 1.97. The van der Waals surface area contributed by atoms with Crippen LogP contribution in [0, 0.1) is 42.9 Å². The number of benzene rings is 2. The largest absolute Gasteiger partial charge is 0.379 e. The molecular weight excluding hydrogens is 352 g/mol. The zero-order chi connectivity index (χ0) is 19.8. The number of nitrogens with zero attached hydrogens (tertiary/aromatic N) is 4. The molecule has 2 aromatic rings. The first-order chi connectivity index (χ1) is 13.0. The summed E-state index contributed by atoms with van der Waals surface area (Å²) < 4.78 is 0. The van der Waals surface area contributed by atoms with Crippen molar-refractivity contribution in [2.45, 2.75) is 6.42 Å². The first-order valence-electron chi connectivity index (χ1n) is 7.81. The van der Waals surface area contributed by atoms with Gasteiger partial charge >= 0.3 is 0 Å². The van der Waals surface area contributed by atoms with E-state index in [1.165, 1.54) is 36.4 Å². The Hall–Kier alpha value is -4.18. The first-order valence-corrected chi connectivity index (χ1v) is 7.81. The third-order valence-corrected chi connectivity index (χ3v) is 3.63. The van der Waals surface area contributed by atoms with E-state index in [0.29, 0.717) is 30.6 Å². The molecule has 27 heavy (non-hydrogen) atoms. The van der Waals surface area contributed by atoms with Gasteiger partial charge in [0.15, 0.2) is 0 Å². The molecular formula is C17H14N6O4. The van der Waals surface area contributed by atoms with Gasteiger partial charge in [0.25, 0.3) is 11.4 Å². The molecule has 0 amide bonds. The predicted octanol–water partition coefficient (Wildman–Crippen LogP) is 3.16. The Morgan fingerprint density at radius 3 is 1.56 bits per heavy atom. The highest BCUT2D eigenvalue weighted by Crippen LogP contribution is 2.26. The second kappa shape index (κ2) is 8.78. The number of anilines is 2. The van der Waals surface area contributed by atoms with Crippen molar-refractivity contribution in [3.8, 4) is 12.1 Å². The van der Waals surface area contributed by atoms with Crippen LogP contribution in [0.4, 0.5) is 22.7 Å². The molecule has 0 unspecified atom stereocenters. The van der Waals surface area contributed by atoms with Crippen LogP contribution in [0.5, 0.6) is 0 Å². The summed E-state index contributed by atoms with van der Waals surface area (Å²) in [6.07, 6.45) is 0.488. The van der Waals surface area contributed by atoms with Gasteiger partial charge in [-0.15, -0.1) is 0 Å². The highest BCUT2D eigenvalue weighted by molar-refractivity contribution is 5.65. The molecule has 0 bridgehead atoms. The number of rotatable bonds is 8. The Morgan fingerprint density at radius 1 is 0.815 bits per heavy atom. The van der Waals surface area contributed by atoms with Gasteiger partial charge in [0.2, 0.25) is 0 Å². The molecule has 0 saturated heterocycles. The van der Waals surface area contributed by atoms with Crippen molar-refractivity contribution in [1.82, 2.24) is 0 Å². The van der Waals surface area contributed by atoms with E-state index in [4.69, 9.17) is 10.5 Å². The minimum absolute atomic E-state index is 0.140. The van der Waals surface area contributed by atoms with Crippen LogP contribution in [-0.4, -0.2) is 22.9 Å². The Bertz CT molecular complexity index is 883. The fourth-order valence-electron chi connectivity index (χ4n) is 2.35. The molecule has 10 nitrogen and oxygen atoms in total. The van der Waals surface area contributed by atoms with Crippen LogP contribution in [0.15, 0.2) is 36.4 Å². The monoisotopic (exact) mass is 366 g/mol. The summed E-state index contributed by atoms with van der Waals surface area (Å²) >= 11 is 0. The molecule has 0 spiro atoms. The SMILES string of the molecule is N#Cc1ccc([N+](=O)[O-])c(NCCCNc2cc(C#N)ccc2[N+](=O)[O-])c1. The zero-order valence-electron chi connectivity index (χ0n) is 14.0. The maximum Gasteiger partial charge on any atom is 0.292 e. The molecule has 0 aliphatic rings. The van der Waals surface area contributed by atoms with E-state index in [2.05, 4.69) is 10.6 Å². The molecule has 0 saturated carbocycles. The van der Waals surface area contributed by atoms with Gasteiger partial charge in [-0.25, -0.2) is 0 Å². The molecule has 0 radical (unpaired) electrons. The minimum Gasteiger partial charge on any atom is -0.379 e. The van der Waals surface area contributed by atoms with Gasteiger partial charge in [-0.1, -0.05) is 0 Å². The normalized spacial score (nSPS) is 9.70. The third kappa shape index (κ3) is 4.90. The molecule has 2 aromatic carbocycles. The summed E-state index contributed by atoms with van der Waals surface area (Å²) in [4.78, 5) is 21.0. The summed E-state index contributed by atoms with van der Waals surface area (Å²) in [7, 11) is 0. The Kier molecular flexibility index (Phi) is 6.23. The fraction of sp³-hybridized carbons (Fsp3) is 0.176. The topological polar surface area (TPSA) is 158 Å². The number of nitrogens with one attached hydrogen (secondary N) is 2. The summed E-state index contributed by atoms with van der Waals surface area (Å²) in [6, 6.07) is 11.9. The lowest BCUT2D eigenvalue weighted by Gasteiger charge is -2.09. The van der Waals surface area contributed by atoms with Gasteiger partial charge in [0.05, 0.1) is 33.1 Å². The van der Waals surface area contributed by atoms with E-state index >= 15 is 0 Å². The van der Waals surface area contributed by atoms with Crippen LogP contribution in [0.1, 0.15) is 17.5 Å². The van der Waals surface area contributed by atoms with Gasteiger partial charge in [-0.05, 0) is 30.7 Å². The maximum atomic E-state index is 11.0. The molecule has 0 aliphatic carbocycles. The van der Waals surface area contributed by atoms with Crippen LogP contribution in [-0.2, 0) is 0 Å². The predicted molar refractivity (Wildman–Crippen MR) is 97.2 cm³/mol. The zero-order valence-corrected chi connectivity index (χ0v) is 14.0. The van der Waals surface area contributed by atoms with Gasteiger partial charge in [-0.3, -0.25) is 20.2 Å². The molecule has 2 rings (SSSR count). The average Bonchev–Trinajstić information content (AvgIpc) is 2.66. The number of nitro groups is 2. The van der Waals surface area contributed by atoms with Gasteiger partial charge in [-0.2, -0.15) is 10.5 Å². The molecule has 136 valence electrons. The lowest BCUT2D eigenvalue weighted by atomic mass is 10.2. The standard InChI is InChI=1S/C17H14N6O4/c18-10-12-2-4-16(22(24)25)14(8-12)20-6-1-7-21-15-9-13(11-19)3-5-17(15)23(26)27/h2-5,8-9,20-21H,1,6-7H2. The molecule has 2 N–H and O–H groups in total. The summed E-state index contributed by atoms with van der Waals surface area (Å²) in [5.41, 5.74) is 0.780. The van der Waals surface area contributed by atoms with Crippen LogP contribution in [0.3, 0.4) is 0 Å². The molecule has 0 aliphatic heterocycles. The smallest absolute Gasteiger partial charge is 0.292 e. The lowest BCUT2D eigenvalue weighted by molar-refractivity contribution is -0.384. The van der Waals surface area contributed by atoms with Crippen LogP contribution in [0.25, 0.3) is 0 Å². The number of hydrogen-bond acceptors (Lipinski definition) is 8.